The van der Waals surface area contributed by atoms with Gasteiger partial charge in [-0.3, -0.25) is 19.7 Å². The van der Waals surface area contributed by atoms with Gasteiger partial charge in [0.2, 0.25) is 5.91 Å². The normalized spacial score (nSPS) is 10.2. The molecule has 0 aromatic heterocycles. The highest BCUT2D eigenvalue weighted by Crippen LogP contribution is 2.22. The summed E-state index contributed by atoms with van der Waals surface area (Å²) in [7, 11) is 1.56. The number of carbonyl (C=O) groups excluding carboxylic acids is 2. The average molecular weight is 437 g/mol. The van der Waals surface area contributed by atoms with E-state index in [1.807, 2.05) is 0 Å². The minimum atomic E-state index is -0.548. The Hall–Kier alpha value is -3.85. The van der Waals surface area contributed by atoms with Crippen molar-refractivity contribution in [2.75, 3.05) is 23.5 Å². The summed E-state index contributed by atoms with van der Waals surface area (Å²) in [6.07, 6.45) is 0. The summed E-state index contributed by atoms with van der Waals surface area (Å²) in [6.45, 7) is 0. The Labute approximate surface area is 182 Å². The Morgan fingerprint density at radius 3 is 2.42 bits per heavy atom. The average Bonchev–Trinajstić information content (AvgIpc) is 2.78. The number of nitro groups is 1. The zero-order valence-electron chi connectivity index (χ0n) is 16.5. The molecule has 0 bridgehead atoms. The Morgan fingerprint density at radius 2 is 1.71 bits per heavy atom. The summed E-state index contributed by atoms with van der Waals surface area (Å²) < 4.78 is 5.13. The van der Waals surface area contributed by atoms with Gasteiger partial charge < -0.3 is 15.4 Å². The van der Waals surface area contributed by atoms with E-state index in [0.29, 0.717) is 17.1 Å². The quantitative estimate of drug-likeness (QED) is 0.303. The van der Waals surface area contributed by atoms with Crippen LogP contribution in [-0.2, 0) is 4.79 Å². The first-order valence-corrected chi connectivity index (χ1v) is 10.2. The van der Waals surface area contributed by atoms with Crippen LogP contribution in [0, 0.1) is 10.1 Å². The van der Waals surface area contributed by atoms with Gasteiger partial charge in [-0.1, -0.05) is 12.1 Å². The highest BCUT2D eigenvalue weighted by molar-refractivity contribution is 8.00. The molecule has 0 atom stereocenters. The molecule has 2 N–H and O–H groups in total. The highest BCUT2D eigenvalue weighted by atomic mass is 32.2. The fraction of sp³-hybridized carbons (Fsp3) is 0.0909. The number of nitrogens with one attached hydrogen (secondary N) is 2. The molecule has 0 saturated carbocycles. The van der Waals surface area contributed by atoms with Crippen LogP contribution in [0.1, 0.15) is 10.4 Å². The van der Waals surface area contributed by atoms with Crippen LogP contribution in [0.5, 0.6) is 5.75 Å². The van der Waals surface area contributed by atoms with E-state index in [2.05, 4.69) is 10.6 Å². The zero-order valence-corrected chi connectivity index (χ0v) is 17.3. The van der Waals surface area contributed by atoms with Gasteiger partial charge in [0.15, 0.2) is 0 Å². The summed E-state index contributed by atoms with van der Waals surface area (Å²) in [4.78, 5) is 35.6. The number of anilines is 2. The minimum Gasteiger partial charge on any atom is -0.497 e. The first kappa shape index (κ1) is 21.8. The van der Waals surface area contributed by atoms with Crippen LogP contribution in [0.3, 0.4) is 0 Å². The first-order chi connectivity index (χ1) is 14.9. The van der Waals surface area contributed by atoms with Crippen LogP contribution in [0.2, 0.25) is 0 Å². The molecular weight excluding hydrogens is 418 g/mol. The maximum atomic E-state index is 12.3. The second-order valence-corrected chi connectivity index (χ2v) is 7.40. The number of thioether (sulfide) groups is 1. The summed E-state index contributed by atoms with van der Waals surface area (Å²) in [5.41, 5.74) is 1.25. The Bertz CT molecular complexity index is 1100. The third kappa shape index (κ3) is 6.31. The van der Waals surface area contributed by atoms with E-state index in [4.69, 9.17) is 4.74 Å². The van der Waals surface area contributed by atoms with E-state index in [1.165, 1.54) is 36.0 Å². The lowest BCUT2D eigenvalue weighted by atomic mass is 10.2. The highest BCUT2D eigenvalue weighted by Gasteiger charge is 2.12. The molecule has 0 spiro atoms. The smallest absolute Gasteiger partial charge is 0.270 e. The molecular formula is C22H19N3O5S. The molecule has 9 heteroatoms. The van der Waals surface area contributed by atoms with Gasteiger partial charge in [-0.2, -0.15) is 0 Å². The second-order valence-electron chi connectivity index (χ2n) is 6.35. The van der Waals surface area contributed by atoms with Crippen molar-refractivity contribution in [2.24, 2.45) is 0 Å². The predicted molar refractivity (Wildman–Crippen MR) is 120 cm³/mol. The van der Waals surface area contributed by atoms with Crippen LogP contribution in [0.4, 0.5) is 17.1 Å². The second kappa shape index (κ2) is 10.3. The number of nitro benzene ring substituents is 1. The molecule has 0 aliphatic rings. The summed E-state index contributed by atoms with van der Waals surface area (Å²) in [6, 6.07) is 19.6. The lowest BCUT2D eigenvalue weighted by molar-refractivity contribution is -0.384. The predicted octanol–water partition coefficient (Wildman–Crippen LogP) is 4.59. The number of nitrogens with zero attached hydrogens (tertiary/aromatic N) is 1. The fourth-order valence-corrected chi connectivity index (χ4v) is 3.34. The molecule has 3 aromatic carbocycles. The van der Waals surface area contributed by atoms with Gasteiger partial charge in [0.25, 0.3) is 11.6 Å². The van der Waals surface area contributed by atoms with Gasteiger partial charge in [-0.05, 0) is 42.5 Å². The molecule has 31 heavy (non-hydrogen) atoms. The van der Waals surface area contributed by atoms with Crippen molar-refractivity contribution < 1.29 is 19.2 Å². The SMILES string of the molecule is COc1cccc(NC(=O)CSc2ccc(NC(=O)c3cccc([N+](=O)[O-])c3)cc2)c1. The van der Waals surface area contributed by atoms with Gasteiger partial charge in [-0.15, -0.1) is 11.8 Å². The van der Waals surface area contributed by atoms with Crippen molar-refractivity contribution >= 4 is 40.6 Å². The molecule has 0 radical (unpaired) electrons. The van der Waals surface area contributed by atoms with Gasteiger partial charge in [0.05, 0.1) is 17.8 Å². The number of hydrogen-bond acceptors (Lipinski definition) is 6. The third-order valence-electron chi connectivity index (χ3n) is 4.15. The Balaban J connectivity index is 1.53. The number of ether oxygens (including phenoxy) is 1. The summed E-state index contributed by atoms with van der Waals surface area (Å²) >= 11 is 1.36. The Kier molecular flexibility index (Phi) is 7.23. The molecule has 3 aromatic rings. The standard InChI is InChI=1S/C22H19N3O5S/c1-30-19-7-3-5-17(13-19)23-21(26)14-31-20-10-8-16(9-11-20)24-22(27)15-4-2-6-18(12-15)25(28)29/h2-13H,14H2,1H3,(H,23,26)(H,24,27). The maximum absolute atomic E-state index is 12.3. The number of hydrogen-bond donors (Lipinski definition) is 2. The molecule has 8 nitrogen and oxygen atoms in total. The Morgan fingerprint density at radius 1 is 0.968 bits per heavy atom. The number of non-ortho nitro benzene ring substituents is 1. The number of rotatable bonds is 8. The van der Waals surface area contributed by atoms with E-state index >= 15 is 0 Å². The fourth-order valence-electron chi connectivity index (χ4n) is 2.65. The lowest BCUT2D eigenvalue weighted by Crippen LogP contribution is -2.14. The molecule has 158 valence electrons. The summed E-state index contributed by atoms with van der Waals surface area (Å²) in [5.74, 6) is 0.285. The topological polar surface area (TPSA) is 111 Å². The molecule has 2 amide bonds. The molecule has 0 aliphatic carbocycles. The molecule has 3 rings (SSSR count). The first-order valence-electron chi connectivity index (χ1n) is 9.17. The van der Waals surface area contributed by atoms with E-state index in [-0.39, 0.29) is 22.9 Å². The van der Waals surface area contributed by atoms with Crippen LogP contribution >= 0.6 is 11.8 Å². The van der Waals surface area contributed by atoms with Crippen LogP contribution in [-0.4, -0.2) is 29.6 Å². The number of carbonyl (C=O) groups is 2. The number of methoxy groups -OCH3 is 1. The monoisotopic (exact) mass is 437 g/mol. The van der Waals surface area contributed by atoms with E-state index < -0.39 is 10.8 Å². The van der Waals surface area contributed by atoms with Crippen molar-refractivity contribution in [3.05, 3.63) is 88.5 Å². The number of benzene rings is 3. The van der Waals surface area contributed by atoms with Crippen molar-refractivity contribution in [1.82, 2.24) is 0 Å². The number of amides is 2. The van der Waals surface area contributed by atoms with E-state index in [0.717, 1.165) is 4.90 Å². The molecule has 0 aliphatic heterocycles. The van der Waals surface area contributed by atoms with Crippen molar-refractivity contribution in [1.29, 1.82) is 0 Å². The van der Waals surface area contributed by atoms with Crippen molar-refractivity contribution in [2.45, 2.75) is 4.90 Å². The van der Waals surface area contributed by atoms with Crippen molar-refractivity contribution in [3.8, 4) is 5.75 Å². The third-order valence-corrected chi connectivity index (χ3v) is 5.17. The minimum absolute atomic E-state index is 0.147. The van der Waals surface area contributed by atoms with Gasteiger partial charge in [0.1, 0.15) is 5.75 Å². The molecule has 0 saturated heterocycles. The van der Waals surface area contributed by atoms with Gasteiger partial charge in [-0.25, -0.2) is 0 Å². The lowest BCUT2D eigenvalue weighted by Gasteiger charge is -2.08. The molecule has 0 fully saturated rings. The van der Waals surface area contributed by atoms with Crippen LogP contribution < -0.4 is 15.4 Å². The largest absolute Gasteiger partial charge is 0.497 e. The summed E-state index contributed by atoms with van der Waals surface area (Å²) in [5, 5.41) is 16.4. The van der Waals surface area contributed by atoms with Gasteiger partial charge >= 0.3 is 0 Å². The van der Waals surface area contributed by atoms with Crippen molar-refractivity contribution in [3.63, 3.8) is 0 Å². The zero-order chi connectivity index (χ0) is 22.2. The van der Waals surface area contributed by atoms with E-state index in [9.17, 15) is 19.7 Å². The van der Waals surface area contributed by atoms with Crippen LogP contribution in [0.25, 0.3) is 0 Å². The molecule has 0 heterocycles. The van der Waals surface area contributed by atoms with Crippen LogP contribution in [0.15, 0.2) is 77.7 Å². The molecule has 0 unspecified atom stereocenters. The van der Waals surface area contributed by atoms with E-state index in [1.54, 1.807) is 55.6 Å². The van der Waals surface area contributed by atoms with Gasteiger partial charge in [0, 0.05) is 40.0 Å². The maximum Gasteiger partial charge on any atom is 0.270 e.